The molecule has 1 amide bonds. The Bertz CT molecular complexity index is 644. The fourth-order valence-electron chi connectivity index (χ4n) is 2.04. The largest absolute Gasteiger partial charge is 0.322 e. The molecule has 1 saturated heterocycles. The molecule has 0 spiro atoms. The van der Waals surface area contributed by atoms with E-state index in [1.807, 2.05) is 0 Å². The van der Waals surface area contributed by atoms with E-state index in [4.69, 9.17) is 0 Å². The molecule has 1 aliphatic heterocycles. The van der Waals surface area contributed by atoms with E-state index in [-0.39, 0.29) is 11.7 Å². The monoisotopic (exact) mass is 292 g/mol. The van der Waals surface area contributed by atoms with Gasteiger partial charge < -0.3 is 5.32 Å². The third-order valence-corrected chi connectivity index (χ3v) is 4.92. The van der Waals surface area contributed by atoms with Crippen LogP contribution in [0.25, 0.3) is 0 Å². The highest BCUT2D eigenvalue weighted by molar-refractivity contribution is 7.89. The molecule has 0 atom stereocenters. The molecule has 1 heterocycles. The molecular formula is C14H16N2O3S. The Kier molecular flexibility index (Phi) is 4.39. The van der Waals surface area contributed by atoms with E-state index in [1.165, 1.54) is 10.4 Å². The van der Waals surface area contributed by atoms with Crippen LogP contribution in [0, 0.1) is 0 Å². The Hall–Kier alpha value is -1.88. The highest BCUT2D eigenvalue weighted by Crippen LogP contribution is 2.18. The topological polar surface area (TPSA) is 66.5 Å². The first kappa shape index (κ1) is 14.5. The molecule has 1 N–H and O–H groups in total. The van der Waals surface area contributed by atoms with Gasteiger partial charge in [0.1, 0.15) is 0 Å². The van der Waals surface area contributed by atoms with Crippen molar-refractivity contribution in [3.8, 4) is 0 Å². The summed E-state index contributed by atoms with van der Waals surface area (Å²) in [5.74, 6) is -0.0652. The maximum absolute atomic E-state index is 11.7. The van der Waals surface area contributed by atoms with Crippen molar-refractivity contribution in [1.29, 1.82) is 0 Å². The third-order valence-electron chi connectivity index (χ3n) is 3.02. The van der Waals surface area contributed by atoms with Gasteiger partial charge in [-0.05, 0) is 24.1 Å². The molecule has 5 nitrogen and oxygen atoms in total. The number of anilines is 1. The van der Waals surface area contributed by atoms with Crippen molar-refractivity contribution in [2.45, 2.75) is 13.0 Å². The minimum atomic E-state index is -3.08. The first-order valence-corrected chi connectivity index (χ1v) is 7.86. The van der Waals surface area contributed by atoms with Gasteiger partial charge in [0, 0.05) is 24.9 Å². The van der Waals surface area contributed by atoms with Gasteiger partial charge in [0.25, 0.3) is 5.91 Å². The lowest BCUT2D eigenvalue weighted by atomic mass is 10.2. The predicted molar refractivity (Wildman–Crippen MR) is 77.6 cm³/mol. The van der Waals surface area contributed by atoms with Crippen molar-refractivity contribution in [2.24, 2.45) is 0 Å². The number of hydrogen-bond acceptors (Lipinski definition) is 3. The highest BCUT2D eigenvalue weighted by atomic mass is 32.2. The van der Waals surface area contributed by atoms with Crippen molar-refractivity contribution < 1.29 is 13.2 Å². The van der Waals surface area contributed by atoms with Gasteiger partial charge >= 0.3 is 0 Å². The van der Waals surface area contributed by atoms with Crippen LogP contribution in [0.15, 0.2) is 42.7 Å². The number of carbonyl (C=O) groups excluding carboxylic acids is 1. The van der Waals surface area contributed by atoms with Gasteiger partial charge in [-0.25, -0.2) is 8.42 Å². The zero-order chi connectivity index (χ0) is 14.6. The second-order valence-corrected chi connectivity index (χ2v) is 6.63. The zero-order valence-electron chi connectivity index (χ0n) is 11.0. The number of benzene rings is 1. The van der Waals surface area contributed by atoms with Crippen LogP contribution in [0.4, 0.5) is 5.69 Å². The lowest BCUT2D eigenvalue weighted by molar-refractivity contribution is -0.111. The van der Waals surface area contributed by atoms with Crippen LogP contribution in [0.2, 0.25) is 0 Å². The number of rotatable bonds is 4. The Morgan fingerprint density at radius 1 is 1.40 bits per heavy atom. The lowest BCUT2D eigenvalue weighted by Crippen LogP contribution is -2.25. The number of carbonyl (C=O) groups is 1. The molecule has 106 valence electrons. The van der Waals surface area contributed by atoms with Gasteiger partial charge in [-0.1, -0.05) is 18.7 Å². The summed E-state index contributed by atoms with van der Waals surface area (Å²) in [5.41, 5.74) is 3.94. The average molecular weight is 292 g/mol. The smallest absolute Gasteiger partial charge is 0.256 e. The van der Waals surface area contributed by atoms with E-state index >= 15 is 0 Å². The van der Waals surface area contributed by atoms with E-state index in [0.29, 0.717) is 25.2 Å². The molecule has 0 aliphatic carbocycles. The first-order chi connectivity index (χ1) is 9.51. The molecule has 0 unspecified atom stereocenters. The maximum atomic E-state index is 11.7. The van der Waals surface area contributed by atoms with Crippen LogP contribution in [-0.2, 0) is 21.4 Å². The molecule has 0 radical (unpaired) electrons. The summed E-state index contributed by atoms with van der Waals surface area (Å²) >= 11 is 0. The van der Waals surface area contributed by atoms with Gasteiger partial charge in [0.2, 0.25) is 10.0 Å². The van der Waals surface area contributed by atoms with E-state index in [2.05, 4.69) is 17.6 Å². The molecule has 1 aromatic rings. The SMILES string of the molecule is C=C=CC(=O)Nc1ccc(CN2CCCS2(=O)=O)cc1. The van der Waals surface area contributed by atoms with Gasteiger partial charge in [0.15, 0.2) is 0 Å². The molecule has 0 saturated carbocycles. The third kappa shape index (κ3) is 3.57. The van der Waals surface area contributed by atoms with Crippen LogP contribution in [0.3, 0.4) is 0 Å². The fraction of sp³-hybridized carbons (Fsp3) is 0.286. The standard InChI is InChI=1S/C14H16N2O3S/c1-2-4-14(17)15-13-7-5-12(6-8-13)11-16-9-3-10-20(16,18)19/h4-8H,1,3,9-11H2,(H,15,17). The highest BCUT2D eigenvalue weighted by Gasteiger charge is 2.27. The number of amides is 1. The molecule has 1 aliphatic rings. The minimum absolute atomic E-state index is 0.231. The summed E-state index contributed by atoms with van der Waals surface area (Å²) in [4.78, 5) is 11.3. The Balaban J connectivity index is 2.02. The second-order valence-electron chi connectivity index (χ2n) is 4.54. The maximum Gasteiger partial charge on any atom is 0.256 e. The van der Waals surface area contributed by atoms with Gasteiger partial charge in [-0.2, -0.15) is 4.31 Å². The Morgan fingerprint density at radius 2 is 2.10 bits per heavy atom. The van der Waals surface area contributed by atoms with Crippen molar-refractivity contribution in [3.63, 3.8) is 0 Å². The van der Waals surface area contributed by atoms with Crippen LogP contribution in [-0.4, -0.2) is 30.9 Å². The molecule has 0 bridgehead atoms. The van der Waals surface area contributed by atoms with Crippen molar-refractivity contribution in [3.05, 3.63) is 48.2 Å². The minimum Gasteiger partial charge on any atom is -0.322 e. The van der Waals surface area contributed by atoms with Gasteiger partial charge in [-0.15, -0.1) is 5.73 Å². The molecule has 0 aromatic heterocycles. The quantitative estimate of drug-likeness (QED) is 0.675. The zero-order valence-corrected chi connectivity index (χ0v) is 11.8. The van der Waals surface area contributed by atoms with Crippen LogP contribution >= 0.6 is 0 Å². The van der Waals surface area contributed by atoms with Crippen molar-refractivity contribution in [2.75, 3.05) is 17.6 Å². The van der Waals surface area contributed by atoms with Gasteiger partial charge in [0.05, 0.1) is 5.75 Å². The summed E-state index contributed by atoms with van der Waals surface area (Å²) in [5, 5.41) is 2.65. The first-order valence-electron chi connectivity index (χ1n) is 6.25. The van der Waals surface area contributed by atoms with Crippen molar-refractivity contribution in [1.82, 2.24) is 4.31 Å². The van der Waals surface area contributed by atoms with E-state index in [1.54, 1.807) is 24.3 Å². The van der Waals surface area contributed by atoms with E-state index < -0.39 is 10.0 Å². The van der Waals surface area contributed by atoms with Crippen molar-refractivity contribution >= 4 is 21.6 Å². The summed E-state index contributed by atoms with van der Waals surface area (Å²) in [6, 6.07) is 7.10. The predicted octanol–water partition coefficient (Wildman–Crippen LogP) is 1.50. The molecule has 1 aromatic carbocycles. The van der Waals surface area contributed by atoms with Gasteiger partial charge in [-0.3, -0.25) is 4.79 Å². The molecule has 6 heteroatoms. The van der Waals surface area contributed by atoms with E-state index in [9.17, 15) is 13.2 Å². The summed E-state index contributed by atoms with van der Waals surface area (Å²) in [7, 11) is -3.08. The second kappa shape index (κ2) is 6.05. The normalized spacial score (nSPS) is 17.4. The molecular weight excluding hydrogens is 276 g/mol. The molecule has 1 fully saturated rings. The lowest BCUT2D eigenvalue weighted by Gasteiger charge is -2.14. The number of sulfonamides is 1. The summed E-state index contributed by atoms with van der Waals surface area (Å²) in [6.45, 7) is 4.28. The van der Waals surface area contributed by atoms with E-state index in [0.717, 1.165) is 5.56 Å². The fourth-order valence-corrected chi connectivity index (χ4v) is 3.54. The summed E-state index contributed by atoms with van der Waals surface area (Å²) in [6.07, 6.45) is 1.90. The Labute approximate surface area is 118 Å². The summed E-state index contributed by atoms with van der Waals surface area (Å²) < 4.78 is 24.9. The van der Waals surface area contributed by atoms with Crippen LogP contribution in [0.5, 0.6) is 0 Å². The number of hydrogen-bond donors (Lipinski definition) is 1. The molecule has 20 heavy (non-hydrogen) atoms. The Morgan fingerprint density at radius 3 is 2.65 bits per heavy atom. The average Bonchev–Trinajstić information content (AvgIpc) is 2.71. The van der Waals surface area contributed by atoms with Crippen LogP contribution in [0.1, 0.15) is 12.0 Å². The van der Waals surface area contributed by atoms with Crippen LogP contribution < -0.4 is 5.32 Å². The molecule has 2 rings (SSSR count). The number of nitrogens with one attached hydrogen (secondary N) is 1. The number of nitrogens with zero attached hydrogens (tertiary/aromatic N) is 1.